The Bertz CT molecular complexity index is 578. The lowest BCUT2D eigenvalue weighted by molar-refractivity contribution is 0.0679. The van der Waals surface area contributed by atoms with E-state index < -0.39 is 0 Å². The van der Waals surface area contributed by atoms with Crippen molar-refractivity contribution in [3.63, 3.8) is 0 Å². The minimum Gasteiger partial charge on any atom is -0.377 e. The van der Waals surface area contributed by atoms with Crippen LogP contribution in [0.25, 0.3) is 0 Å². The highest BCUT2D eigenvalue weighted by molar-refractivity contribution is 7.09. The fourth-order valence-corrected chi connectivity index (χ4v) is 3.76. The molecule has 2 heterocycles. The fourth-order valence-electron chi connectivity index (χ4n) is 2.79. The molecular formula is C17H19ClFNOS. The summed E-state index contributed by atoms with van der Waals surface area (Å²) in [4.78, 5) is 3.50. The molecular weight excluding hydrogens is 321 g/mol. The van der Waals surface area contributed by atoms with Crippen molar-refractivity contribution in [1.82, 2.24) is 4.90 Å². The molecule has 1 aliphatic rings. The zero-order valence-corrected chi connectivity index (χ0v) is 13.9. The molecule has 0 bridgehead atoms. The van der Waals surface area contributed by atoms with Gasteiger partial charge in [-0.2, -0.15) is 0 Å². The van der Waals surface area contributed by atoms with Gasteiger partial charge in [0.15, 0.2) is 0 Å². The molecule has 3 rings (SSSR count). The van der Waals surface area contributed by atoms with Gasteiger partial charge >= 0.3 is 0 Å². The molecule has 2 aromatic rings. The lowest BCUT2D eigenvalue weighted by Crippen LogP contribution is -2.31. The maximum Gasteiger partial charge on any atom is 0.129 e. The van der Waals surface area contributed by atoms with Crippen molar-refractivity contribution in [2.24, 2.45) is 0 Å². The number of benzene rings is 1. The maximum absolute atomic E-state index is 14.1. The highest BCUT2D eigenvalue weighted by Crippen LogP contribution is 2.24. The van der Waals surface area contributed by atoms with Crippen LogP contribution in [0.1, 0.15) is 23.3 Å². The molecule has 1 aromatic heterocycles. The smallest absolute Gasteiger partial charge is 0.129 e. The lowest BCUT2D eigenvalue weighted by Gasteiger charge is -2.25. The van der Waals surface area contributed by atoms with Gasteiger partial charge in [-0.3, -0.25) is 4.90 Å². The van der Waals surface area contributed by atoms with E-state index in [9.17, 15) is 4.39 Å². The highest BCUT2D eigenvalue weighted by atomic mass is 35.5. The summed E-state index contributed by atoms with van der Waals surface area (Å²) in [6, 6.07) is 9.01. The molecule has 1 aromatic carbocycles. The van der Waals surface area contributed by atoms with Crippen molar-refractivity contribution in [3.8, 4) is 0 Å². The van der Waals surface area contributed by atoms with E-state index in [1.165, 1.54) is 10.9 Å². The lowest BCUT2D eigenvalue weighted by atomic mass is 10.1. The minimum absolute atomic E-state index is 0.240. The van der Waals surface area contributed by atoms with E-state index in [1.54, 1.807) is 23.5 Å². The first kappa shape index (κ1) is 15.9. The average molecular weight is 340 g/mol. The van der Waals surface area contributed by atoms with E-state index in [1.807, 2.05) is 6.07 Å². The molecule has 1 saturated heterocycles. The van der Waals surface area contributed by atoms with Crippen LogP contribution in [0.3, 0.4) is 0 Å². The summed E-state index contributed by atoms with van der Waals surface area (Å²) in [6.07, 6.45) is 2.43. The number of halogens is 2. The SMILES string of the molecule is Fc1cccc(Cl)c1CN(Cc1cccs1)CC1CCCO1. The predicted molar refractivity (Wildman–Crippen MR) is 88.8 cm³/mol. The molecule has 1 atom stereocenters. The summed E-state index contributed by atoms with van der Waals surface area (Å²) in [5.41, 5.74) is 0.568. The van der Waals surface area contributed by atoms with Crippen LogP contribution in [0.2, 0.25) is 5.02 Å². The third-order valence-electron chi connectivity index (χ3n) is 3.89. The summed E-state index contributed by atoms with van der Waals surface area (Å²) in [5, 5.41) is 2.55. The maximum atomic E-state index is 14.1. The van der Waals surface area contributed by atoms with Gasteiger partial charge in [-0.05, 0) is 36.4 Å². The Morgan fingerprint density at radius 1 is 1.27 bits per heavy atom. The van der Waals surface area contributed by atoms with Crippen LogP contribution in [-0.2, 0) is 17.8 Å². The van der Waals surface area contributed by atoms with Crippen LogP contribution < -0.4 is 0 Å². The second-order valence-electron chi connectivity index (χ2n) is 5.58. The Morgan fingerprint density at radius 2 is 2.18 bits per heavy atom. The highest BCUT2D eigenvalue weighted by Gasteiger charge is 2.21. The van der Waals surface area contributed by atoms with Gasteiger partial charge in [0.05, 0.1) is 6.10 Å². The molecule has 1 unspecified atom stereocenters. The van der Waals surface area contributed by atoms with Crippen LogP contribution in [0.15, 0.2) is 35.7 Å². The molecule has 5 heteroatoms. The second kappa shape index (κ2) is 7.55. The first-order valence-electron chi connectivity index (χ1n) is 7.51. The quantitative estimate of drug-likeness (QED) is 0.755. The van der Waals surface area contributed by atoms with Crippen LogP contribution in [0.4, 0.5) is 4.39 Å². The van der Waals surface area contributed by atoms with Crippen LogP contribution in [0.5, 0.6) is 0 Å². The molecule has 0 spiro atoms. The molecule has 118 valence electrons. The second-order valence-corrected chi connectivity index (χ2v) is 7.02. The number of rotatable bonds is 6. The Morgan fingerprint density at radius 3 is 2.86 bits per heavy atom. The van der Waals surface area contributed by atoms with Gasteiger partial charge in [0, 0.05) is 41.7 Å². The molecule has 0 aliphatic carbocycles. The van der Waals surface area contributed by atoms with Crippen molar-refractivity contribution in [1.29, 1.82) is 0 Å². The van der Waals surface area contributed by atoms with Gasteiger partial charge < -0.3 is 4.74 Å². The van der Waals surface area contributed by atoms with E-state index in [-0.39, 0.29) is 11.9 Å². The van der Waals surface area contributed by atoms with Crippen LogP contribution in [0, 0.1) is 5.82 Å². The van der Waals surface area contributed by atoms with Crippen molar-refractivity contribution in [2.75, 3.05) is 13.2 Å². The normalized spacial score (nSPS) is 18.2. The van der Waals surface area contributed by atoms with Crippen LogP contribution >= 0.6 is 22.9 Å². The van der Waals surface area contributed by atoms with Gasteiger partial charge in [-0.1, -0.05) is 23.7 Å². The molecule has 0 saturated carbocycles. The molecule has 2 nitrogen and oxygen atoms in total. The summed E-state index contributed by atoms with van der Waals surface area (Å²) in [5.74, 6) is -0.240. The zero-order valence-electron chi connectivity index (χ0n) is 12.3. The number of nitrogens with zero attached hydrogens (tertiary/aromatic N) is 1. The third kappa shape index (κ3) is 4.07. The topological polar surface area (TPSA) is 12.5 Å². The summed E-state index contributed by atoms with van der Waals surface area (Å²) in [6.45, 7) is 2.94. The van der Waals surface area contributed by atoms with Crippen molar-refractivity contribution in [3.05, 3.63) is 57.0 Å². The number of ether oxygens (including phenoxy) is 1. The first-order chi connectivity index (χ1) is 10.7. The van der Waals surface area contributed by atoms with Crippen molar-refractivity contribution < 1.29 is 9.13 Å². The monoisotopic (exact) mass is 339 g/mol. The molecule has 22 heavy (non-hydrogen) atoms. The van der Waals surface area contributed by atoms with E-state index in [0.717, 1.165) is 32.5 Å². The van der Waals surface area contributed by atoms with Crippen molar-refractivity contribution >= 4 is 22.9 Å². The number of hydrogen-bond acceptors (Lipinski definition) is 3. The van der Waals surface area contributed by atoms with Crippen LogP contribution in [-0.4, -0.2) is 24.2 Å². The summed E-state index contributed by atoms with van der Waals surface area (Å²) < 4.78 is 19.8. The number of thiophene rings is 1. The van der Waals surface area contributed by atoms with Gasteiger partial charge in [-0.15, -0.1) is 11.3 Å². The standard InChI is InChI=1S/C17H19ClFNOS/c18-16-6-1-7-17(19)15(16)12-20(10-13-4-2-8-21-13)11-14-5-3-9-22-14/h1,3,5-7,9,13H,2,4,8,10-12H2. The average Bonchev–Trinajstić information content (AvgIpc) is 3.16. The van der Waals surface area contributed by atoms with Gasteiger partial charge in [0.25, 0.3) is 0 Å². The van der Waals surface area contributed by atoms with Gasteiger partial charge in [0.2, 0.25) is 0 Å². The van der Waals surface area contributed by atoms with E-state index in [2.05, 4.69) is 16.3 Å². The largest absolute Gasteiger partial charge is 0.377 e. The molecule has 1 fully saturated rings. The molecule has 1 aliphatic heterocycles. The predicted octanol–water partition coefficient (Wildman–Crippen LogP) is 4.72. The molecule has 0 amide bonds. The van der Waals surface area contributed by atoms with E-state index in [4.69, 9.17) is 16.3 Å². The van der Waals surface area contributed by atoms with Crippen molar-refractivity contribution in [2.45, 2.75) is 32.0 Å². The minimum atomic E-state index is -0.240. The molecule has 0 radical (unpaired) electrons. The van der Waals surface area contributed by atoms with Gasteiger partial charge in [0.1, 0.15) is 5.82 Å². The van der Waals surface area contributed by atoms with Gasteiger partial charge in [-0.25, -0.2) is 4.39 Å². The summed E-state index contributed by atoms with van der Waals surface area (Å²) in [7, 11) is 0. The molecule has 0 N–H and O–H groups in total. The Hall–Kier alpha value is -0.940. The number of hydrogen-bond donors (Lipinski definition) is 0. The van der Waals surface area contributed by atoms with E-state index >= 15 is 0 Å². The zero-order chi connectivity index (χ0) is 15.4. The summed E-state index contributed by atoms with van der Waals surface area (Å²) >= 11 is 7.90. The Balaban J connectivity index is 1.74. The fraction of sp³-hybridized carbons (Fsp3) is 0.412. The first-order valence-corrected chi connectivity index (χ1v) is 8.77. The Labute approximate surface area is 139 Å². The Kier molecular flexibility index (Phi) is 5.47. The third-order valence-corrected chi connectivity index (χ3v) is 5.10. The van der Waals surface area contributed by atoms with E-state index in [0.29, 0.717) is 17.1 Å².